The second-order valence-corrected chi connectivity index (χ2v) is 2.11. The molecule has 0 bridgehead atoms. The van der Waals surface area contributed by atoms with Crippen molar-refractivity contribution in [3.63, 3.8) is 0 Å². The summed E-state index contributed by atoms with van der Waals surface area (Å²) in [6.45, 7) is 3.29. The lowest BCUT2D eigenvalue weighted by Gasteiger charge is -1.86. The van der Waals surface area contributed by atoms with Crippen molar-refractivity contribution in [2.75, 3.05) is 0 Å². The van der Waals surface area contributed by atoms with Crippen LogP contribution in [-0.2, 0) is 0 Å². The largest absolute Gasteiger partial charge is 0.209 e. The molecule has 0 saturated carbocycles. The van der Waals surface area contributed by atoms with Gasteiger partial charge >= 0.3 is 0 Å². The molecule has 0 aromatic heterocycles. The van der Waals surface area contributed by atoms with E-state index >= 15 is 0 Å². The maximum atomic E-state index is 12.1. The molecule has 0 unspecified atom stereocenters. The summed E-state index contributed by atoms with van der Waals surface area (Å²) in [5.74, 6) is -0.539. The minimum atomic E-state index is -0.539. The van der Waals surface area contributed by atoms with Crippen molar-refractivity contribution in [1.82, 2.24) is 0 Å². The van der Waals surface area contributed by atoms with E-state index in [0.29, 0.717) is 0 Å². The van der Waals surface area contributed by atoms with Crippen LogP contribution in [0.4, 0.5) is 4.39 Å². The van der Waals surface area contributed by atoms with Crippen molar-refractivity contribution < 1.29 is 4.39 Å². The molecule has 0 aliphatic rings. The summed E-state index contributed by atoms with van der Waals surface area (Å²) in [5.41, 5.74) is 0. The highest BCUT2D eigenvalue weighted by atomic mass is 35.5. The summed E-state index contributed by atoms with van der Waals surface area (Å²) in [6.07, 6.45) is 1.49. The molecule has 8 heavy (non-hydrogen) atoms. The van der Waals surface area contributed by atoms with Gasteiger partial charge in [-0.2, -0.15) is 0 Å². The van der Waals surface area contributed by atoms with Gasteiger partial charge in [-0.05, 0) is 0 Å². The lowest BCUT2D eigenvalue weighted by molar-refractivity contribution is 0.618. The van der Waals surface area contributed by atoms with E-state index in [2.05, 4.69) is 6.58 Å². The number of rotatable bonds is 2. The molecule has 0 rings (SSSR count). The fourth-order valence-corrected chi connectivity index (χ4v) is 0.358. The van der Waals surface area contributed by atoms with Crippen LogP contribution >= 0.6 is 23.2 Å². The van der Waals surface area contributed by atoms with Gasteiger partial charge in [-0.25, -0.2) is 4.39 Å². The highest BCUT2D eigenvalue weighted by molar-refractivity contribution is 6.56. The molecule has 0 aromatic carbocycles. The number of allylic oxidation sites excluding steroid dienone is 2. The van der Waals surface area contributed by atoms with Crippen LogP contribution in [0.3, 0.4) is 0 Å². The third kappa shape index (κ3) is 3.05. The highest BCUT2D eigenvalue weighted by Crippen LogP contribution is 2.17. The van der Waals surface area contributed by atoms with Gasteiger partial charge in [0.15, 0.2) is 0 Å². The van der Waals surface area contributed by atoms with Gasteiger partial charge < -0.3 is 0 Å². The van der Waals surface area contributed by atoms with Gasteiger partial charge in [0.25, 0.3) is 0 Å². The average Bonchev–Trinajstić information content (AvgIpc) is 1.67. The van der Waals surface area contributed by atoms with E-state index < -0.39 is 5.83 Å². The molecule has 0 spiro atoms. The third-order valence-electron chi connectivity index (χ3n) is 0.529. The van der Waals surface area contributed by atoms with Crippen LogP contribution in [0.5, 0.6) is 0 Å². The van der Waals surface area contributed by atoms with Crippen molar-refractivity contribution in [3.8, 4) is 0 Å². The van der Waals surface area contributed by atoms with Crippen LogP contribution in [0.25, 0.3) is 0 Å². The van der Waals surface area contributed by atoms with E-state index in [4.69, 9.17) is 23.2 Å². The molecule has 0 aliphatic carbocycles. The van der Waals surface area contributed by atoms with Crippen LogP contribution in [-0.4, -0.2) is 0 Å². The second kappa shape index (κ2) is 3.93. The first-order valence-electron chi connectivity index (χ1n) is 1.99. The van der Waals surface area contributed by atoms with Gasteiger partial charge in [-0.15, -0.1) is 6.58 Å². The monoisotopic (exact) mass is 154 g/mol. The molecule has 0 N–H and O–H groups in total. The Balaban J connectivity index is 3.79. The van der Waals surface area contributed by atoms with Gasteiger partial charge in [-0.1, -0.05) is 29.3 Å². The number of hydrogen-bond acceptors (Lipinski definition) is 0. The Morgan fingerprint density at radius 3 is 2.25 bits per heavy atom. The maximum absolute atomic E-state index is 12.1. The summed E-state index contributed by atoms with van der Waals surface area (Å²) >= 11 is 10.1. The second-order valence-electron chi connectivity index (χ2n) is 1.16. The minimum Gasteiger partial charge on any atom is -0.209 e. The van der Waals surface area contributed by atoms with Crippen molar-refractivity contribution >= 4 is 23.2 Å². The molecule has 0 aliphatic heterocycles. The van der Waals surface area contributed by atoms with E-state index in [9.17, 15) is 4.39 Å². The predicted octanol–water partition coefficient (Wildman–Crippen LogP) is 3.18. The summed E-state index contributed by atoms with van der Waals surface area (Å²) in [5, 5.41) is 0. The van der Waals surface area contributed by atoms with E-state index in [1.807, 2.05) is 0 Å². The Bertz CT molecular complexity index is 114. The van der Waals surface area contributed by atoms with Crippen LogP contribution in [0.15, 0.2) is 23.0 Å². The highest BCUT2D eigenvalue weighted by Gasteiger charge is 1.95. The molecule has 0 radical (unpaired) electrons. The van der Waals surface area contributed by atoms with E-state index in [1.165, 1.54) is 6.08 Å². The fraction of sp³-hybridized carbons (Fsp3) is 0.200. The average molecular weight is 155 g/mol. The smallest absolute Gasteiger partial charge is 0.138 e. The van der Waals surface area contributed by atoms with Crippen molar-refractivity contribution in [1.29, 1.82) is 0 Å². The SMILES string of the molecule is C=CCC(F)=C(Cl)Cl. The van der Waals surface area contributed by atoms with Gasteiger partial charge in [0.2, 0.25) is 0 Å². The van der Waals surface area contributed by atoms with Crippen molar-refractivity contribution in [2.24, 2.45) is 0 Å². The number of hydrogen-bond donors (Lipinski definition) is 0. The molecule has 0 fully saturated rings. The quantitative estimate of drug-likeness (QED) is 0.537. The molecule has 46 valence electrons. The normalized spacial score (nSPS) is 8.38. The maximum Gasteiger partial charge on any atom is 0.138 e. The third-order valence-corrected chi connectivity index (χ3v) is 0.939. The zero-order chi connectivity index (χ0) is 6.57. The molecular formula is C5H5Cl2F. The Kier molecular flexibility index (Phi) is 3.92. The van der Waals surface area contributed by atoms with E-state index in [1.54, 1.807) is 0 Å². The van der Waals surface area contributed by atoms with Crippen molar-refractivity contribution in [3.05, 3.63) is 23.0 Å². The minimum absolute atomic E-state index is 0.0995. The first-order valence-corrected chi connectivity index (χ1v) is 2.74. The van der Waals surface area contributed by atoms with Crippen molar-refractivity contribution in [2.45, 2.75) is 6.42 Å². The van der Waals surface area contributed by atoms with Gasteiger partial charge in [-0.3, -0.25) is 0 Å². The summed E-state index contributed by atoms with van der Waals surface area (Å²) < 4.78 is 11.8. The Hall–Kier alpha value is -0.0100. The van der Waals surface area contributed by atoms with Crippen LogP contribution in [0.1, 0.15) is 6.42 Å². The first-order chi connectivity index (χ1) is 3.68. The molecule has 0 aromatic rings. The molecule has 0 amide bonds. The lowest BCUT2D eigenvalue weighted by atomic mass is 10.4. The summed E-state index contributed by atoms with van der Waals surface area (Å²) in [6, 6.07) is 0. The topological polar surface area (TPSA) is 0 Å². The van der Waals surface area contributed by atoms with Gasteiger partial charge in [0.05, 0.1) is 0 Å². The van der Waals surface area contributed by atoms with Crippen LogP contribution in [0.2, 0.25) is 0 Å². The molecule has 0 nitrogen and oxygen atoms in total. The number of halogens is 3. The van der Waals surface area contributed by atoms with Gasteiger partial charge in [0, 0.05) is 6.42 Å². The van der Waals surface area contributed by atoms with Gasteiger partial charge in [0.1, 0.15) is 10.3 Å². The first kappa shape index (κ1) is 7.99. The molecule has 0 heterocycles. The predicted molar refractivity (Wildman–Crippen MR) is 34.7 cm³/mol. The summed E-state index contributed by atoms with van der Waals surface area (Å²) in [4.78, 5) is 0. The standard InChI is InChI=1S/C5H5Cl2F/c1-2-3-4(8)5(6)7/h2H,1,3H2. The van der Waals surface area contributed by atoms with Crippen LogP contribution in [0, 0.1) is 0 Å². The lowest BCUT2D eigenvalue weighted by Crippen LogP contribution is -1.68. The zero-order valence-electron chi connectivity index (χ0n) is 4.13. The Morgan fingerprint density at radius 2 is 2.12 bits per heavy atom. The summed E-state index contributed by atoms with van der Waals surface area (Å²) in [7, 11) is 0. The van der Waals surface area contributed by atoms with E-state index in [-0.39, 0.29) is 10.9 Å². The fourth-order valence-electron chi connectivity index (χ4n) is 0.204. The Labute approximate surface area is 57.6 Å². The molecule has 0 saturated heterocycles. The molecule has 0 atom stereocenters. The molecular weight excluding hydrogens is 150 g/mol. The van der Waals surface area contributed by atoms with E-state index in [0.717, 1.165) is 0 Å². The van der Waals surface area contributed by atoms with Crippen LogP contribution < -0.4 is 0 Å². The molecule has 3 heteroatoms. The zero-order valence-corrected chi connectivity index (χ0v) is 5.64. The Morgan fingerprint density at radius 1 is 1.62 bits per heavy atom.